The summed E-state index contributed by atoms with van der Waals surface area (Å²) < 4.78 is 0. The highest BCUT2D eigenvalue weighted by atomic mass is 35.5. The Kier molecular flexibility index (Phi) is 3.76. The van der Waals surface area contributed by atoms with Crippen LogP contribution in [0.15, 0.2) is 24.3 Å². The third kappa shape index (κ3) is 2.74. The fourth-order valence-corrected chi connectivity index (χ4v) is 3.07. The number of rotatable bonds is 2. The van der Waals surface area contributed by atoms with Crippen LogP contribution in [0.25, 0.3) is 10.6 Å². The van der Waals surface area contributed by atoms with Gasteiger partial charge in [-0.1, -0.05) is 44.5 Å². The first kappa shape index (κ1) is 13.5. The smallest absolute Gasteiger partial charge is 0.123 e. The molecule has 0 unspecified atom stereocenters. The molecule has 0 spiro atoms. The van der Waals surface area contributed by atoms with Crippen molar-refractivity contribution >= 4 is 22.9 Å². The van der Waals surface area contributed by atoms with E-state index in [2.05, 4.69) is 20.8 Å². The maximum absolute atomic E-state index is 5.90. The number of hydrogen-bond acceptors (Lipinski definition) is 3. The third-order valence-corrected chi connectivity index (χ3v) is 4.06. The summed E-state index contributed by atoms with van der Waals surface area (Å²) in [6.07, 6.45) is 0. The molecule has 1 aromatic carbocycles. The third-order valence-electron chi connectivity index (χ3n) is 2.68. The first-order valence-corrected chi connectivity index (χ1v) is 7.07. The maximum atomic E-state index is 5.90. The standard InChI is InChI=1S/C14H17ClN2S/c1-14(2,3)12-11(8-16)18-13(17-12)9-4-6-10(15)7-5-9/h4-7H,8,16H2,1-3H3. The highest BCUT2D eigenvalue weighted by Gasteiger charge is 2.22. The van der Waals surface area contributed by atoms with Gasteiger partial charge in [-0.15, -0.1) is 11.3 Å². The monoisotopic (exact) mass is 280 g/mol. The zero-order valence-corrected chi connectivity index (χ0v) is 12.4. The second-order valence-electron chi connectivity index (χ2n) is 5.25. The summed E-state index contributed by atoms with van der Waals surface area (Å²) in [4.78, 5) is 5.91. The van der Waals surface area contributed by atoms with Crippen molar-refractivity contribution in [1.82, 2.24) is 4.98 Å². The van der Waals surface area contributed by atoms with Crippen LogP contribution in [0.2, 0.25) is 5.02 Å². The molecular weight excluding hydrogens is 264 g/mol. The highest BCUT2D eigenvalue weighted by Crippen LogP contribution is 2.34. The Balaban J connectivity index is 2.47. The summed E-state index contributed by atoms with van der Waals surface area (Å²) in [5.74, 6) is 0. The predicted molar refractivity (Wildman–Crippen MR) is 79.2 cm³/mol. The summed E-state index contributed by atoms with van der Waals surface area (Å²) >= 11 is 7.56. The zero-order chi connectivity index (χ0) is 13.3. The van der Waals surface area contributed by atoms with Crippen molar-refractivity contribution in [2.24, 2.45) is 5.73 Å². The van der Waals surface area contributed by atoms with Gasteiger partial charge in [-0.3, -0.25) is 0 Å². The molecule has 0 bridgehead atoms. The molecule has 0 aliphatic carbocycles. The van der Waals surface area contributed by atoms with Gasteiger partial charge in [0.2, 0.25) is 0 Å². The molecule has 0 saturated heterocycles. The maximum Gasteiger partial charge on any atom is 0.123 e. The Morgan fingerprint density at radius 1 is 1.22 bits per heavy atom. The second-order valence-corrected chi connectivity index (χ2v) is 6.77. The Bertz CT molecular complexity index is 538. The summed E-state index contributed by atoms with van der Waals surface area (Å²) in [5, 5.41) is 1.75. The summed E-state index contributed by atoms with van der Waals surface area (Å²) in [7, 11) is 0. The molecule has 0 aliphatic heterocycles. The van der Waals surface area contributed by atoms with Crippen LogP contribution in [-0.2, 0) is 12.0 Å². The van der Waals surface area contributed by atoms with Gasteiger partial charge < -0.3 is 5.73 Å². The molecule has 2 aromatic rings. The van der Waals surface area contributed by atoms with Crippen molar-refractivity contribution in [3.63, 3.8) is 0 Å². The molecule has 2 nitrogen and oxygen atoms in total. The van der Waals surface area contributed by atoms with E-state index in [0.717, 1.165) is 26.2 Å². The average Bonchev–Trinajstić information content (AvgIpc) is 2.73. The van der Waals surface area contributed by atoms with E-state index in [4.69, 9.17) is 22.3 Å². The van der Waals surface area contributed by atoms with E-state index < -0.39 is 0 Å². The van der Waals surface area contributed by atoms with Crippen LogP contribution in [0, 0.1) is 0 Å². The van der Waals surface area contributed by atoms with Gasteiger partial charge in [-0.2, -0.15) is 0 Å². The first-order chi connectivity index (χ1) is 8.41. The second kappa shape index (κ2) is 5.00. The van der Waals surface area contributed by atoms with Gasteiger partial charge in [0, 0.05) is 27.4 Å². The normalized spacial score (nSPS) is 11.8. The average molecular weight is 281 g/mol. The van der Waals surface area contributed by atoms with Gasteiger partial charge in [0.1, 0.15) is 5.01 Å². The largest absolute Gasteiger partial charge is 0.326 e. The molecule has 18 heavy (non-hydrogen) atoms. The SMILES string of the molecule is CC(C)(C)c1nc(-c2ccc(Cl)cc2)sc1CN. The number of nitrogens with zero attached hydrogens (tertiary/aromatic N) is 1. The van der Waals surface area contributed by atoms with Crippen LogP contribution in [0.4, 0.5) is 0 Å². The number of thiazole rings is 1. The molecule has 96 valence electrons. The fraction of sp³-hybridized carbons (Fsp3) is 0.357. The number of aromatic nitrogens is 1. The van der Waals surface area contributed by atoms with E-state index in [-0.39, 0.29) is 5.41 Å². The lowest BCUT2D eigenvalue weighted by molar-refractivity contribution is 0.567. The molecule has 2 N–H and O–H groups in total. The van der Waals surface area contributed by atoms with Crippen LogP contribution in [-0.4, -0.2) is 4.98 Å². The van der Waals surface area contributed by atoms with E-state index in [1.165, 1.54) is 0 Å². The van der Waals surface area contributed by atoms with E-state index in [1.807, 2.05) is 24.3 Å². The van der Waals surface area contributed by atoms with Gasteiger partial charge in [0.25, 0.3) is 0 Å². The number of hydrogen-bond donors (Lipinski definition) is 1. The molecule has 0 amide bonds. The van der Waals surface area contributed by atoms with Crippen LogP contribution in [0.1, 0.15) is 31.3 Å². The number of benzene rings is 1. The van der Waals surface area contributed by atoms with Gasteiger partial charge >= 0.3 is 0 Å². The van der Waals surface area contributed by atoms with Gasteiger partial charge in [-0.05, 0) is 12.1 Å². The Labute approximate surface area is 117 Å². The molecule has 0 fully saturated rings. The van der Waals surface area contributed by atoms with Crippen molar-refractivity contribution in [1.29, 1.82) is 0 Å². The van der Waals surface area contributed by atoms with Crippen LogP contribution in [0.5, 0.6) is 0 Å². The van der Waals surface area contributed by atoms with E-state index in [1.54, 1.807) is 11.3 Å². The van der Waals surface area contributed by atoms with Crippen molar-refractivity contribution in [2.75, 3.05) is 0 Å². The Morgan fingerprint density at radius 2 is 1.83 bits per heavy atom. The molecule has 1 aromatic heterocycles. The number of halogens is 1. The minimum absolute atomic E-state index is 0.0237. The molecular formula is C14H17ClN2S. The van der Waals surface area contributed by atoms with Crippen molar-refractivity contribution in [3.05, 3.63) is 39.9 Å². The van der Waals surface area contributed by atoms with Crippen molar-refractivity contribution in [3.8, 4) is 10.6 Å². The summed E-state index contributed by atoms with van der Waals surface area (Å²) in [6, 6.07) is 7.76. The van der Waals surface area contributed by atoms with E-state index in [0.29, 0.717) is 6.54 Å². The number of nitrogens with two attached hydrogens (primary N) is 1. The molecule has 0 saturated carbocycles. The van der Waals surface area contributed by atoms with Crippen LogP contribution >= 0.6 is 22.9 Å². The zero-order valence-electron chi connectivity index (χ0n) is 10.8. The molecule has 4 heteroatoms. The van der Waals surface area contributed by atoms with Crippen molar-refractivity contribution < 1.29 is 0 Å². The lowest BCUT2D eigenvalue weighted by Gasteiger charge is -2.16. The highest BCUT2D eigenvalue weighted by molar-refractivity contribution is 7.15. The van der Waals surface area contributed by atoms with Gasteiger partial charge in [-0.25, -0.2) is 4.98 Å². The van der Waals surface area contributed by atoms with Crippen LogP contribution < -0.4 is 5.73 Å². The first-order valence-electron chi connectivity index (χ1n) is 5.88. The molecule has 0 atom stereocenters. The fourth-order valence-electron chi connectivity index (χ4n) is 1.79. The minimum Gasteiger partial charge on any atom is -0.326 e. The van der Waals surface area contributed by atoms with Gasteiger partial charge in [0.15, 0.2) is 0 Å². The Morgan fingerprint density at radius 3 is 2.28 bits per heavy atom. The predicted octanol–water partition coefficient (Wildman–Crippen LogP) is 4.22. The molecule has 0 radical (unpaired) electrons. The molecule has 0 aliphatic rings. The molecule has 1 heterocycles. The van der Waals surface area contributed by atoms with E-state index >= 15 is 0 Å². The Hall–Kier alpha value is -0.900. The quantitative estimate of drug-likeness (QED) is 0.894. The minimum atomic E-state index is 0.0237. The summed E-state index contributed by atoms with van der Waals surface area (Å²) in [5.41, 5.74) is 8.03. The topological polar surface area (TPSA) is 38.9 Å². The van der Waals surface area contributed by atoms with Crippen molar-refractivity contribution in [2.45, 2.75) is 32.7 Å². The lowest BCUT2D eigenvalue weighted by atomic mass is 9.91. The van der Waals surface area contributed by atoms with Gasteiger partial charge in [0.05, 0.1) is 5.69 Å². The van der Waals surface area contributed by atoms with E-state index in [9.17, 15) is 0 Å². The van der Waals surface area contributed by atoms with Crippen LogP contribution in [0.3, 0.4) is 0 Å². The molecule has 2 rings (SSSR count). The summed E-state index contributed by atoms with van der Waals surface area (Å²) in [6.45, 7) is 7.02. The lowest BCUT2D eigenvalue weighted by Crippen LogP contribution is -2.15.